The lowest BCUT2D eigenvalue weighted by molar-refractivity contribution is -0.216. The van der Waals surface area contributed by atoms with Gasteiger partial charge in [0, 0.05) is 18.9 Å². The van der Waals surface area contributed by atoms with Gasteiger partial charge in [0.2, 0.25) is 0 Å². The second-order valence-electron chi connectivity index (χ2n) is 11.1. The fraction of sp³-hybridized carbons (Fsp3) is 0.424. The Labute approximate surface area is 232 Å². The first-order valence-electron chi connectivity index (χ1n) is 13.9. The third-order valence-electron chi connectivity index (χ3n) is 6.77. The number of hydrogen-bond acceptors (Lipinski definition) is 6. The van der Waals surface area contributed by atoms with Gasteiger partial charge in [-0.15, -0.1) is 5.06 Å². The quantitative estimate of drug-likeness (QED) is 0.247. The van der Waals surface area contributed by atoms with Gasteiger partial charge in [-0.3, -0.25) is 0 Å². The van der Waals surface area contributed by atoms with Crippen molar-refractivity contribution in [1.82, 2.24) is 5.06 Å². The van der Waals surface area contributed by atoms with E-state index in [9.17, 15) is 4.79 Å². The van der Waals surface area contributed by atoms with Gasteiger partial charge in [0.25, 0.3) is 0 Å². The molecule has 0 aliphatic carbocycles. The van der Waals surface area contributed by atoms with E-state index in [4.69, 9.17) is 19.0 Å². The van der Waals surface area contributed by atoms with Crippen molar-refractivity contribution in [3.8, 4) is 5.75 Å². The molecule has 1 aliphatic rings. The molecule has 3 aromatic rings. The van der Waals surface area contributed by atoms with Gasteiger partial charge >= 0.3 is 5.97 Å². The fourth-order valence-electron chi connectivity index (χ4n) is 4.48. The van der Waals surface area contributed by atoms with E-state index in [0.29, 0.717) is 39.5 Å². The van der Waals surface area contributed by atoms with Crippen LogP contribution in [0.2, 0.25) is 0 Å². The fourth-order valence-corrected chi connectivity index (χ4v) is 4.48. The molecule has 6 heteroatoms. The van der Waals surface area contributed by atoms with Crippen LogP contribution < -0.4 is 4.74 Å². The van der Waals surface area contributed by atoms with Gasteiger partial charge in [-0.25, -0.2) is 4.79 Å². The van der Waals surface area contributed by atoms with Crippen LogP contribution in [0.25, 0.3) is 0 Å². The van der Waals surface area contributed by atoms with Crippen molar-refractivity contribution in [3.63, 3.8) is 0 Å². The average molecular weight is 532 g/mol. The maximum absolute atomic E-state index is 12.5. The molecule has 2 unspecified atom stereocenters. The summed E-state index contributed by atoms with van der Waals surface area (Å²) in [6.07, 6.45) is 1.55. The summed E-state index contributed by atoms with van der Waals surface area (Å²) in [5.41, 5.74) is 2.95. The second-order valence-corrected chi connectivity index (χ2v) is 11.1. The minimum absolute atomic E-state index is 0.111. The zero-order valence-corrected chi connectivity index (χ0v) is 23.4. The Balaban J connectivity index is 1.29. The summed E-state index contributed by atoms with van der Waals surface area (Å²) in [6.45, 7) is 9.19. The molecule has 39 heavy (non-hydrogen) atoms. The van der Waals surface area contributed by atoms with Gasteiger partial charge < -0.3 is 19.0 Å². The largest absolute Gasteiger partial charge is 0.494 e. The van der Waals surface area contributed by atoms with E-state index in [-0.39, 0.29) is 18.0 Å². The van der Waals surface area contributed by atoms with E-state index >= 15 is 0 Å². The van der Waals surface area contributed by atoms with Gasteiger partial charge in [0.05, 0.1) is 44.5 Å². The molecule has 0 amide bonds. The van der Waals surface area contributed by atoms with Gasteiger partial charge in [-0.05, 0) is 56.0 Å². The second kappa shape index (κ2) is 14.3. The van der Waals surface area contributed by atoms with Crippen molar-refractivity contribution in [2.75, 3.05) is 26.3 Å². The molecule has 0 bridgehead atoms. The molecule has 0 radical (unpaired) electrons. The number of nitrogens with zero attached hydrogens (tertiary/aromatic N) is 1. The first-order chi connectivity index (χ1) is 18.9. The SMILES string of the molecule is CC(C)(C)C(=O)ON1CCC(c2ccc(OCCCOCc3ccccc3)cc2)C(OCc2ccccc2)C1. The van der Waals surface area contributed by atoms with Crippen LogP contribution in [-0.4, -0.2) is 43.4 Å². The van der Waals surface area contributed by atoms with E-state index in [1.165, 1.54) is 11.1 Å². The van der Waals surface area contributed by atoms with Crippen LogP contribution in [0.3, 0.4) is 0 Å². The Hall–Kier alpha value is -3.19. The summed E-state index contributed by atoms with van der Waals surface area (Å²) in [5, 5.41) is 1.76. The number of hydroxylamine groups is 2. The lowest BCUT2D eigenvalue weighted by Crippen LogP contribution is -2.46. The molecule has 3 aromatic carbocycles. The van der Waals surface area contributed by atoms with Gasteiger partial charge in [0.15, 0.2) is 0 Å². The summed E-state index contributed by atoms with van der Waals surface area (Å²) >= 11 is 0. The number of benzene rings is 3. The number of piperidine rings is 1. The predicted octanol–water partition coefficient (Wildman–Crippen LogP) is 6.55. The lowest BCUT2D eigenvalue weighted by atomic mass is 9.87. The van der Waals surface area contributed by atoms with E-state index in [2.05, 4.69) is 36.4 Å². The highest BCUT2D eigenvalue weighted by Gasteiger charge is 2.35. The van der Waals surface area contributed by atoms with Crippen LogP contribution >= 0.6 is 0 Å². The maximum Gasteiger partial charge on any atom is 0.330 e. The zero-order chi connectivity index (χ0) is 27.5. The minimum Gasteiger partial charge on any atom is -0.494 e. The molecule has 1 heterocycles. The lowest BCUT2D eigenvalue weighted by Gasteiger charge is -2.38. The Morgan fingerprint density at radius 1 is 0.846 bits per heavy atom. The van der Waals surface area contributed by atoms with Crippen LogP contribution in [0.1, 0.15) is 56.2 Å². The van der Waals surface area contributed by atoms with Crippen LogP contribution in [-0.2, 0) is 32.3 Å². The molecular weight excluding hydrogens is 490 g/mol. The minimum atomic E-state index is -0.554. The third-order valence-corrected chi connectivity index (χ3v) is 6.77. The highest BCUT2D eigenvalue weighted by molar-refractivity contribution is 5.75. The Kier molecular flexibility index (Phi) is 10.5. The Bertz CT molecular complexity index is 1130. The molecular formula is C33H41NO5. The first-order valence-corrected chi connectivity index (χ1v) is 13.9. The monoisotopic (exact) mass is 531 g/mol. The number of carbonyl (C=O) groups is 1. The van der Waals surface area contributed by atoms with E-state index < -0.39 is 5.41 Å². The molecule has 0 spiro atoms. The molecule has 1 saturated heterocycles. The Morgan fingerprint density at radius 3 is 2.13 bits per heavy atom. The Morgan fingerprint density at radius 2 is 1.49 bits per heavy atom. The molecule has 0 saturated carbocycles. The molecule has 2 atom stereocenters. The molecule has 1 aliphatic heterocycles. The zero-order valence-electron chi connectivity index (χ0n) is 23.4. The summed E-state index contributed by atoms with van der Waals surface area (Å²) in [4.78, 5) is 18.2. The van der Waals surface area contributed by atoms with Crippen molar-refractivity contribution >= 4 is 5.97 Å². The highest BCUT2D eigenvalue weighted by atomic mass is 16.7. The van der Waals surface area contributed by atoms with Gasteiger partial charge in [-0.2, -0.15) is 0 Å². The highest BCUT2D eigenvalue weighted by Crippen LogP contribution is 2.33. The summed E-state index contributed by atoms with van der Waals surface area (Å²) < 4.78 is 18.1. The van der Waals surface area contributed by atoms with Crippen LogP contribution in [0.4, 0.5) is 0 Å². The van der Waals surface area contributed by atoms with Crippen LogP contribution in [0.5, 0.6) is 5.75 Å². The molecule has 0 N–H and O–H groups in total. The smallest absolute Gasteiger partial charge is 0.330 e. The summed E-state index contributed by atoms with van der Waals surface area (Å²) in [5.74, 6) is 0.813. The van der Waals surface area contributed by atoms with E-state index in [0.717, 1.165) is 24.2 Å². The number of carbonyl (C=O) groups excluding carboxylic acids is 1. The van der Waals surface area contributed by atoms with E-state index in [1.807, 2.05) is 69.3 Å². The maximum atomic E-state index is 12.5. The summed E-state index contributed by atoms with van der Waals surface area (Å²) in [7, 11) is 0. The third kappa shape index (κ3) is 9.20. The molecule has 6 nitrogen and oxygen atoms in total. The molecule has 1 fully saturated rings. The summed E-state index contributed by atoms with van der Waals surface area (Å²) in [6, 6.07) is 28.7. The van der Waals surface area contributed by atoms with Gasteiger partial charge in [0.1, 0.15) is 5.75 Å². The number of hydrogen-bond donors (Lipinski definition) is 0. The molecule has 4 rings (SSSR count). The number of ether oxygens (including phenoxy) is 3. The van der Waals surface area contributed by atoms with Crippen molar-refractivity contribution in [2.45, 2.75) is 58.8 Å². The van der Waals surface area contributed by atoms with Crippen LogP contribution in [0.15, 0.2) is 84.9 Å². The molecule has 208 valence electrons. The number of rotatable bonds is 12. The van der Waals surface area contributed by atoms with Gasteiger partial charge in [-0.1, -0.05) is 72.8 Å². The standard InChI is InChI=1S/C33H41NO5/c1-33(2,3)32(35)39-34-20-19-30(31(23-34)38-25-27-13-8-5-9-14-27)28-15-17-29(18-16-28)37-22-10-21-36-24-26-11-6-4-7-12-26/h4-9,11-18,30-31H,10,19-25H2,1-3H3. The normalized spacial score (nSPS) is 18.0. The first kappa shape index (κ1) is 28.8. The van der Waals surface area contributed by atoms with Crippen molar-refractivity contribution < 1.29 is 23.8 Å². The van der Waals surface area contributed by atoms with Crippen LogP contribution in [0, 0.1) is 5.41 Å². The van der Waals surface area contributed by atoms with Crippen molar-refractivity contribution in [1.29, 1.82) is 0 Å². The van der Waals surface area contributed by atoms with E-state index in [1.54, 1.807) is 5.06 Å². The molecule has 0 aromatic heterocycles. The average Bonchev–Trinajstić information content (AvgIpc) is 2.95. The predicted molar refractivity (Wildman–Crippen MR) is 152 cm³/mol. The topological polar surface area (TPSA) is 57.2 Å². The van der Waals surface area contributed by atoms with Crippen molar-refractivity contribution in [2.24, 2.45) is 5.41 Å². The van der Waals surface area contributed by atoms with Crippen molar-refractivity contribution in [3.05, 3.63) is 102 Å².